The zero-order valence-electron chi connectivity index (χ0n) is 6.95. The first-order valence-corrected chi connectivity index (χ1v) is 3.39. The van der Waals surface area contributed by atoms with Gasteiger partial charge in [-0.05, 0) is 6.92 Å². The van der Waals surface area contributed by atoms with Crippen LogP contribution in [0.5, 0.6) is 0 Å². The van der Waals surface area contributed by atoms with Crippen LogP contribution in [0.1, 0.15) is 13.3 Å². The van der Waals surface area contributed by atoms with E-state index < -0.39 is 30.5 Å². The molecule has 86 valence electrons. The number of alkyl halides is 6. The van der Waals surface area contributed by atoms with Crippen molar-refractivity contribution in [3.05, 3.63) is 0 Å². The Kier molecular flexibility index (Phi) is 3.45. The summed E-state index contributed by atoms with van der Waals surface area (Å²) < 4.78 is 71.7. The van der Waals surface area contributed by atoms with Crippen molar-refractivity contribution in [2.24, 2.45) is 0 Å². The molecule has 2 nitrogen and oxygen atoms in total. The van der Waals surface area contributed by atoms with Gasteiger partial charge in [-0.3, -0.25) is 0 Å². The van der Waals surface area contributed by atoms with Crippen molar-refractivity contribution in [3.8, 4) is 0 Å². The van der Waals surface area contributed by atoms with Gasteiger partial charge in [-0.1, -0.05) is 0 Å². The van der Waals surface area contributed by atoms with E-state index in [-0.39, 0.29) is 6.92 Å². The van der Waals surface area contributed by atoms with E-state index in [0.29, 0.717) is 0 Å². The number of rotatable bonds is 3. The highest BCUT2D eigenvalue weighted by atomic mass is 19.4. The van der Waals surface area contributed by atoms with E-state index >= 15 is 0 Å². The number of hydrogen-bond donors (Lipinski definition) is 2. The van der Waals surface area contributed by atoms with Crippen molar-refractivity contribution in [1.82, 2.24) is 0 Å². The Labute approximate surface area is 75.1 Å². The first-order valence-electron chi connectivity index (χ1n) is 3.39. The summed E-state index contributed by atoms with van der Waals surface area (Å²) >= 11 is 0. The van der Waals surface area contributed by atoms with Crippen molar-refractivity contribution >= 4 is 0 Å². The largest absolute Gasteiger partial charge is 0.423 e. The Bertz CT molecular complexity index is 195. The van der Waals surface area contributed by atoms with Gasteiger partial charge in [0, 0.05) is 6.42 Å². The van der Waals surface area contributed by atoms with Crippen molar-refractivity contribution in [3.63, 3.8) is 0 Å². The van der Waals surface area contributed by atoms with Crippen LogP contribution in [0, 0.1) is 0 Å². The summed E-state index contributed by atoms with van der Waals surface area (Å²) in [5, 5.41) is 16.8. The van der Waals surface area contributed by atoms with E-state index in [1.807, 2.05) is 0 Å². The monoisotopic (exact) mass is 226 g/mol. The molecule has 14 heavy (non-hydrogen) atoms. The Hall–Kier alpha value is -0.500. The molecular formula is C6H8F6O2. The van der Waals surface area contributed by atoms with Crippen LogP contribution in [0.3, 0.4) is 0 Å². The van der Waals surface area contributed by atoms with Crippen LogP contribution in [-0.4, -0.2) is 34.3 Å². The normalized spacial score (nSPS) is 21.9. The minimum absolute atomic E-state index is 0.242. The molecule has 2 atom stereocenters. The maximum atomic E-state index is 12.3. The number of aliphatic hydroxyl groups is 2. The molecule has 0 rings (SSSR count). The standard InChI is InChI=1S/C6H8F6O2/c1-4(9,13)2-5(14,3(7)8)6(10,11)12/h3,13-14H,2H2,1H3. The molecule has 0 aliphatic heterocycles. The van der Waals surface area contributed by atoms with Crippen molar-refractivity contribution in [1.29, 1.82) is 0 Å². The molecule has 0 aromatic rings. The molecule has 0 bridgehead atoms. The molecule has 0 radical (unpaired) electrons. The summed E-state index contributed by atoms with van der Waals surface area (Å²) in [6, 6.07) is 0. The molecule has 0 saturated heterocycles. The highest BCUT2D eigenvalue weighted by Crippen LogP contribution is 2.41. The number of hydrogen-bond acceptors (Lipinski definition) is 2. The summed E-state index contributed by atoms with van der Waals surface area (Å²) in [6.45, 7) is 0.242. The van der Waals surface area contributed by atoms with Gasteiger partial charge in [0.25, 0.3) is 6.43 Å². The predicted molar refractivity (Wildman–Crippen MR) is 33.4 cm³/mol. The van der Waals surface area contributed by atoms with Crippen LogP contribution in [-0.2, 0) is 0 Å². The topological polar surface area (TPSA) is 40.5 Å². The van der Waals surface area contributed by atoms with Crippen LogP contribution in [0.2, 0.25) is 0 Å². The molecule has 8 heteroatoms. The van der Waals surface area contributed by atoms with Crippen LogP contribution in [0.15, 0.2) is 0 Å². The Morgan fingerprint density at radius 2 is 1.43 bits per heavy atom. The van der Waals surface area contributed by atoms with Crippen LogP contribution in [0.4, 0.5) is 26.3 Å². The maximum absolute atomic E-state index is 12.3. The smallest absolute Gasteiger partial charge is 0.376 e. The van der Waals surface area contributed by atoms with Gasteiger partial charge in [-0.15, -0.1) is 0 Å². The summed E-state index contributed by atoms with van der Waals surface area (Å²) in [5.74, 6) is -3.53. The highest BCUT2D eigenvalue weighted by Gasteiger charge is 2.62. The minimum Gasteiger partial charge on any atom is -0.376 e. The number of halogens is 6. The zero-order valence-corrected chi connectivity index (χ0v) is 6.95. The molecule has 0 spiro atoms. The maximum Gasteiger partial charge on any atom is 0.423 e. The van der Waals surface area contributed by atoms with Crippen molar-refractivity contribution in [2.75, 3.05) is 0 Å². The van der Waals surface area contributed by atoms with E-state index in [1.165, 1.54) is 0 Å². The molecule has 0 heterocycles. The lowest BCUT2D eigenvalue weighted by molar-refractivity contribution is -0.319. The van der Waals surface area contributed by atoms with Crippen LogP contribution >= 0.6 is 0 Å². The fourth-order valence-corrected chi connectivity index (χ4v) is 0.793. The molecule has 2 unspecified atom stereocenters. The summed E-state index contributed by atoms with van der Waals surface area (Å²) in [6.07, 6.45) is -12.1. The summed E-state index contributed by atoms with van der Waals surface area (Å²) in [4.78, 5) is 0. The van der Waals surface area contributed by atoms with Crippen LogP contribution in [0.25, 0.3) is 0 Å². The van der Waals surface area contributed by atoms with E-state index in [9.17, 15) is 26.3 Å². The Morgan fingerprint density at radius 1 is 1.07 bits per heavy atom. The second-order valence-corrected chi connectivity index (χ2v) is 3.04. The Balaban J connectivity index is 4.94. The van der Waals surface area contributed by atoms with E-state index in [2.05, 4.69) is 0 Å². The predicted octanol–water partition coefficient (Wildman–Crippen LogP) is 1.61. The molecule has 0 amide bonds. The SMILES string of the molecule is CC(O)(F)CC(O)(C(F)F)C(F)(F)F. The summed E-state index contributed by atoms with van der Waals surface area (Å²) in [5.41, 5.74) is -4.54. The summed E-state index contributed by atoms with van der Waals surface area (Å²) in [7, 11) is 0. The van der Waals surface area contributed by atoms with Gasteiger partial charge in [0.15, 0.2) is 0 Å². The van der Waals surface area contributed by atoms with E-state index in [4.69, 9.17) is 10.2 Å². The van der Waals surface area contributed by atoms with Crippen LogP contribution < -0.4 is 0 Å². The molecular weight excluding hydrogens is 218 g/mol. The molecule has 0 saturated carbocycles. The minimum atomic E-state index is -5.71. The third-order valence-corrected chi connectivity index (χ3v) is 1.44. The fraction of sp³-hybridized carbons (Fsp3) is 1.00. The van der Waals surface area contributed by atoms with Gasteiger partial charge >= 0.3 is 6.18 Å². The van der Waals surface area contributed by atoms with Gasteiger partial charge in [0.2, 0.25) is 11.5 Å². The first kappa shape index (κ1) is 13.5. The van der Waals surface area contributed by atoms with E-state index in [1.54, 1.807) is 0 Å². The molecule has 0 aliphatic rings. The quantitative estimate of drug-likeness (QED) is 0.718. The average Bonchev–Trinajstić information content (AvgIpc) is 1.79. The molecule has 0 fully saturated rings. The Morgan fingerprint density at radius 3 is 1.50 bits per heavy atom. The third-order valence-electron chi connectivity index (χ3n) is 1.44. The molecule has 0 aromatic carbocycles. The van der Waals surface area contributed by atoms with Crippen molar-refractivity contribution < 1.29 is 36.6 Å². The second-order valence-electron chi connectivity index (χ2n) is 3.04. The lowest BCUT2D eigenvalue weighted by atomic mass is 9.95. The second kappa shape index (κ2) is 3.58. The zero-order chi connectivity index (χ0) is 11.8. The van der Waals surface area contributed by atoms with Gasteiger partial charge in [-0.25, -0.2) is 13.2 Å². The van der Waals surface area contributed by atoms with Gasteiger partial charge in [0.05, 0.1) is 0 Å². The third kappa shape index (κ3) is 3.02. The lowest BCUT2D eigenvalue weighted by Gasteiger charge is -2.32. The molecule has 0 aliphatic carbocycles. The van der Waals surface area contributed by atoms with E-state index in [0.717, 1.165) is 0 Å². The van der Waals surface area contributed by atoms with Crippen molar-refractivity contribution in [2.45, 2.75) is 37.4 Å². The highest BCUT2D eigenvalue weighted by molar-refractivity contribution is 4.92. The average molecular weight is 226 g/mol. The first-order chi connectivity index (χ1) is 5.90. The lowest BCUT2D eigenvalue weighted by Crippen LogP contribution is -2.54. The fourth-order valence-electron chi connectivity index (χ4n) is 0.793. The van der Waals surface area contributed by atoms with Gasteiger partial charge in [-0.2, -0.15) is 13.2 Å². The van der Waals surface area contributed by atoms with Gasteiger partial charge in [0.1, 0.15) is 0 Å². The van der Waals surface area contributed by atoms with Gasteiger partial charge < -0.3 is 10.2 Å². The molecule has 2 N–H and O–H groups in total. The molecule has 0 aromatic heterocycles.